The Morgan fingerprint density at radius 1 is 0.682 bits per heavy atom. The number of carbonyl (C=O) groups is 1. The van der Waals surface area contributed by atoms with E-state index in [4.69, 9.17) is 39.1 Å². The van der Waals surface area contributed by atoms with Crippen LogP contribution in [0.4, 0.5) is 4.79 Å². The molecular weight excluding hydrogens is 396 g/mol. The maximum Gasteiger partial charge on any atom is 0.360 e. The average Bonchev–Trinajstić information content (AvgIpc) is 2.06. The first-order valence-electron chi connectivity index (χ1n) is 4.60. The molecule has 19 heteroatoms. The van der Waals surface area contributed by atoms with Crippen molar-refractivity contribution in [1.29, 1.82) is 0 Å². The summed E-state index contributed by atoms with van der Waals surface area (Å²) in [5.41, 5.74) is -2.65. The normalized spacial score (nSPS) is 14.5. The molecule has 0 spiro atoms. The summed E-state index contributed by atoms with van der Waals surface area (Å²) in [7, 11) is -24.1. The highest BCUT2D eigenvalue weighted by Gasteiger charge is 2.60. The van der Waals surface area contributed by atoms with E-state index in [2.05, 4.69) is 5.73 Å². The van der Waals surface area contributed by atoms with Gasteiger partial charge in [0.1, 0.15) is 0 Å². The Morgan fingerprint density at radius 3 is 0.955 bits per heavy atom. The van der Waals surface area contributed by atoms with Crippen molar-refractivity contribution >= 4 is 36.4 Å². The average molecular weight is 408 g/mol. The summed E-state index contributed by atoms with van der Waals surface area (Å²) in [4.78, 5) is 81.1. The molecule has 0 aliphatic rings. The van der Waals surface area contributed by atoms with Crippen LogP contribution in [0.3, 0.4) is 0 Å². The van der Waals surface area contributed by atoms with Gasteiger partial charge in [0.2, 0.25) is 11.0 Å². The van der Waals surface area contributed by atoms with Crippen molar-refractivity contribution in [2.24, 2.45) is 5.73 Å². The van der Waals surface area contributed by atoms with Crippen molar-refractivity contribution in [3.8, 4) is 0 Å². The van der Waals surface area contributed by atoms with Crippen molar-refractivity contribution < 1.29 is 62.2 Å². The number of nitrogens with two attached hydrogens (primary N) is 1. The van der Waals surface area contributed by atoms with Gasteiger partial charge in [-0.25, -0.2) is 4.79 Å². The molecular formula is C3H12N2O13P4. The molecule has 15 nitrogen and oxygen atoms in total. The van der Waals surface area contributed by atoms with Crippen LogP contribution in [0.15, 0.2) is 0 Å². The number of nitrogens with zero attached hydrogens (tertiary/aromatic N) is 1. The molecule has 0 saturated carbocycles. The van der Waals surface area contributed by atoms with E-state index in [0.717, 1.165) is 0 Å². The van der Waals surface area contributed by atoms with Crippen LogP contribution in [0.2, 0.25) is 0 Å². The predicted octanol–water partition coefficient (Wildman–Crippen LogP) is -2.35. The highest BCUT2D eigenvalue weighted by atomic mass is 31.2. The summed E-state index contributed by atoms with van der Waals surface area (Å²) in [6.07, 6.45) is 0. The number of carbonyl (C=O) groups excluding carboxylic acids is 1. The van der Waals surface area contributed by atoms with Gasteiger partial charge in [-0.15, -0.1) is 0 Å². The smallest absolute Gasteiger partial charge is 0.351 e. The molecule has 0 aliphatic heterocycles. The second-order valence-electron chi connectivity index (χ2n) is 3.79. The maximum absolute atomic E-state index is 11.1. The van der Waals surface area contributed by atoms with Gasteiger partial charge < -0.3 is 44.9 Å². The lowest BCUT2D eigenvalue weighted by molar-refractivity contribution is 0.186. The van der Waals surface area contributed by atoms with Crippen LogP contribution in [-0.4, -0.2) is 61.1 Å². The van der Waals surface area contributed by atoms with Gasteiger partial charge in [0.15, 0.2) is 0 Å². The molecule has 22 heavy (non-hydrogen) atoms. The third-order valence-electron chi connectivity index (χ3n) is 1.96. The van der Waals surface area contributed by atoms with Gasteiger partial charge in [-0.3, -0.25) is 23.2 Å². The number of amides is 2. The molecule has 2 amide bonds. The first kappa shape index (κ1) is 21.9. The van der Waals surface area contributed by atoms with Crippen LogP contribution in [0, 0.1) is 0 Å². The molecule has 0 aromatic carbocycles. The number of hydrogen-bond donors (Lipinski definition) is 9. The van der Waals surface area contributed by atoms with E-state index in [0.29, 0.717) is 0 Å². The van der Waals surface area contributed by atoms with Crippen LogP contribution in [0.5, 0.6) is 0 Å². The molecule has 0 aliphatic carbocycles. The summed E-state index contributed by atoms with van der Waals surface area (Å²) >= 11 is 0. The van der Waals surface area contributed by atoms with E-state index in [1.54, 1.807) is 0 Å². The first-order valence-corrected chi connectivity index (χ1v) is 11.3. The molecule has 0 fully saturated rings. The van der Waals surface area contributed by atoms with Gasteiger partial charge in [-0.05, 0) is 0 Å². The van der Waals surface area contributed by atoms with E-state index in [1.807, 2.05) is 0 Å². The summed E-state index contributed by atoms with van der Waals surface area (Å²) in [5.74, 6) is 0. The zero-order valence-electron chi connectivity index (χ0n) is 10.1. The van der Waals surface area contributed by atoms with Crippen LogP contribution in [0.1, 0.15) is 0 Å². The fraction of sp³-hybridized carbons (Fsp3) is 0.667. The molecule has 0 saturated heterocycles. The van der Waals surface area contributed by atoms with E-state index in [-0.39, 0.29) is 0 Å². The van der Waals surface area contributed by atoms with Gasteiger partial charge in [0.05, 0.1) is 0 Å². The van der Waals surface area contributed by atoms with Gasteiger partial charge in [0.25, 0.3) is 0 Å². The molecule has 10 N–H and O–H groups in total. The van der Waals surface area contributed by atoms with Crippen LogP contribution in [-0.2, 0) is 18.3 Å². The Balaban J connectivity index is 6.61. The first-order chi connectivity index (χ1) is 9.31. The van der Waals surface area contributed by atoms with E-state index < -0.39 is 52.4 Å². The van der Waals surface area contributed by atoms with Gasteiger partial charge >= 0.3 is 36.4 Å². The van der Waals surface area contributed by atoms with Crippen molar-refractivity contribution in [2.45, 2.75) is 11.0 Å². The van der Waals surface area contributed by atoms with Crippen LogP contribution < -0.4 is 5.73 Å². The molecule has 0 atom stereocenters. The van der Waals surface area contributed by atoms with Gasteiger partial charge in [0, 0.05) is 0 Å². The minimum Gasteiger partial charge on any atom is -0.351 e. The standard InChI is InChI=1S/C3H12N2O13P4/c4-1(6)5(2(19(7,8)9)20(10,11)12)3(21(13,14)15)22(16,17)18/h2-3H,(H2,4,6)(H2,7,8,9)(H2,10,11,12)(H2,13,14,15)(H2,16,17,18). The molecule has 0 aromatic heterocycles. The fourth-order valence-corrected chi connectivity index (χ4v) is 7.23. The summed E-state index contributed by atoms with van der Waals surface area (Å²) in [6, 6.07) is -2.28. The predicted molar refractivity (Wildman–Crippen MR) is 67.2 cm³/mol. The largest absolute Gasteiger partial charge is 0.360 e. The number of primary amides is 1. The monoisotopic (exact) mass is 408 g/mol. The Bertz CT molecular complexity index is 527. The molecule has 0 aromatic rings. The molecule has 0 radical (unpaired) electrons. The van der Waals surface area contributed by atoms with E-state index in [1.165, 1.54) is 0 Å². The molecule has 0 heterocycles. The molecule has 0 bridgehead atoms. The van der Waals surface area contributed by atoms with E-state index >= 15 is 0 Å². The van der Waals surface area contributed by atoms with Crippen molar-refractivity contribution in [2.75, 3.05) is 0 Å². The van der Waals surface area contributed by atoms with Crippen molar-refractivity contribution in [3.63, 3.8) is 0 Å². The van der Waals surface area contributed by atoms with Crippen LogP contribution >= 0.6 is 30.4 Å². The lowest BCUT2D eigenvalue weighted by atomic mass is 10.8. The quantitative estimate of drug-likeness (QED) is 0.208. The second-order valence-corrected chi connectivity index (χ2v) is 11.3. The Morgan fingerprint density at radius 2 is 0.864 bits per heavy atom. The van der Waals surface area contributed by atoms with Gasteiger partial charge in [-0.1, -0.05) is 0 Å². The number of urea groups is 1. The zero-order chi connectivity index (χ0) is 18.3. The fourth-order valence-electron chi connectivity index (χ4n) is 1.39. The van der Waals surface area contributed by atoms with Crippen molar-refractivity contribution in [3.05, 3.63) is 0 Å². The summed E-state index contributed by atoms with van der Waals surface area (Å²) < 4.78 is 44.5. The van der Waals surface area contributed by atoms with Crippen molar-refractivity contribution in [1.82, 2.24) is 4.90 Å². The zero-order valence-corrected chi connectivity index (χ0v) is 13.7. The molecule has 132 valence electrons. The lowest BCUT2D eigenvalue weighted by Crippen LogP contribution is -2.49. The third-order valence-corrected chi connectivity index (χ3v) is 8.97. The second kappa shape index (κ2) is 6.40. The SMILES string of the molecule is NC(=O)N(C(P(=O)(O)O)P(=O)(O)O)C(P(=O)(O)O)P(=O)(O)O. The molecule has 0 rings (SSSR count). The highest BCUT2D eigenvalue weighted by molar-refractivity contribution is 7.72. The van der Waals surface area contributed by atoms with Gasteiger partial charge in [-0.2, -0.15) is 0 Å². The summed E-state index contributed by atoms with van der Waals surface area (Å²) in [5, 5.41) is 0. The van der Waals surface area contributed by atoms with Crippen LogP contribution in [0.25, 0.3) is 0 Å². The minimum absolute atomic E-state index is 1.08. The Hall–Kier alpha value is -0.130. The summed E-state index contributed by atoms with van der Waals surface area (Å²) in [6.45, 7) is 0. The Kier molecular flexibility index (Phi) is 6.37. The minimum atomic E-state index is -6.03. The lowest BCUT2D eigenvalue weighted by Gasteiger charge is -2.36. The van der Waals surface area contributed by atoms with E-state index in [9.17, 15) is 23.1 Å². The number of hydrogen-bond acceptors (Lipinski definition) is 5. The highest BCUT2D eigenvalue weighted by Crippen LogP contribution is 2.68. The maximum atomic E-state index is 11.1. The topological polar surface area (TPSA) is 276 Å². The molecule has 0 unspecified atom stereocenters. The third kappa shape index (κ3) is 5.50. The Labute approximate surface area is 121 Å². The number of rotatable bonds is 6.